The lowest BCUT2D eigenvalue weighted by Crippen LogP contribution is -1.76. The maximum Gasteiger partial charge on any atom is 0.281 e. The van der Waals surface area contributed by atoms with Crippen molar-refractivity contribution < 1.29 is 14.6 Å². The van der Waals surface area contributed by atoms with E-state index in [1.165, 1.54) is 11.8 Å². The van der Waals surface area contributed by atoms with Crippen LogP contribution >= 0.6 is 11.8 Å². The van der Waals surface area contributed by atoms with Crippen LogP contribution in [-0.2, 0) is 0 Å². The second-order valence-electron chi connectivity index (χ2n) is 4.02. The number of phenols is 2. The van der Waals surface area contributed by atoms with Gasteiger partial charge in [-0.15, -0.1) is 10.2 Å². The average molecular weight is 286 g/mol. The number of hydrogen-bond donors (Lipinski definition) is 2. The monoisotopic (exact) mass is 286 g/mol. The van der Waals surface area contributed by atoms with E-state index in [0.717, 1.165) is 10.5 Å². The third kappa shape index (κ3) is 2.75. The summed E-state index contributed by atoms with van der Waals surface area (Å²) in [7, 11) is 0. The first-order valence-corrected chi connectivity index (χ1v) is 6.62. The van der Waals surface area contributed by atoms with E-state index in [4.69, 9.17) is 4.42 Å². The molecule has 0 amide bonds. The largest absolute Gasteiger partial charge is 0.508 e. The molecule has 0 fully saturated rings. The number of hydrogen-bond acceptors (Lipinski definition) is 6. The topological polar surface area (TPSA) is 79.4 Å². The van der Waals surface area contributed by atoms with E-state index in [0.29, 0.717) is 11.1 Å². The molecule has 6 heteroatoms. The fraction of sp³-hybridized carbons (Fsp3) is 0. The van der Waals surface area contributed by atoms with Gasteiger partial charge in [-0.05, 0) is 60.3 Å². The molecule has 20 heavy (non-hydrogen) atoms. The summed E-state index contributed by atoms with van der Waals surface area (Å²) < 4.78 is 5.54. The maximum absolute atomic E-state index is 9.23. The highest BCUT2D eigenvalue weighted by Gasteiger charge is 2.09. The van der Waals surface area contributed by atoms with Crippen LogP contribution in [0.15, 0.2) is 63.1 Å². The zero-order valence-corrected chi connectivity index (χ0v) is 11.0. The highest BCUT2D eigenvalue weighted by molar-refractivity contribution is 7.99. The summed E-state index contributed by atoms with van der Waals surface area (Å²) in [5.74, 6) is 0.794. The van der Waals surface area contributed by atoms with Crippen LogP contribution in [-0.4, -0.2) is 20.4 Å². The van der Waals surface area contributed by atoms with Crippen LogP contribution in [0.3, 0.4) is 0 Å². The Balaban J connectivity index is 1.80. The van der Waals surface area contributed by atoms with Crippen molar-refractivity contribution in [3.8, 4) is 23.0 Å². The van der Waals surface area contributed by atoms with Crippen LogP contribution in [0.4, 0.5) is 0 Å². The molecule has 100 valence electrons. The first kappa shape index (κ1) is 12.6. The minimum Gasteiger partial charge on any atom is -0.508 e. The van der Waals surface area contributed by atoms with Gasteiger partial charge >= 0.3 is 0 Å². The second-order valence-corrected chi connectivity index (χ2v) is 5.04. The maximum atomic E-state index is 9.23. The predicted octanol–water partition coefficient (Wildman–Crippen LogP) is 3.30. The van der Waals surface area contributed by atoms with Gasteiger partial charge in [-0.1, -0.05) is 0 Å². The molecule has 0 saturated carbocycles. The van der Waals surface area contributed by atoms with E-state index in [1.54, 1.807) is 48.5 Å². The molecular weight excluding hydrogens is 276 g/mol. The normalized spacial score (nSPS) is 10.6. The molecule has 0 saturated heterocycles. The van der Waals surface area contributed by atoms with E-state index in [-0.39, 0.29) is 11.5 Å². The Bertz CT molecular complexity index is 708. The zero-order chi connectivity index (χ0) is 13.9. The van der Waals surface area contributed by atoms with Crippen molar-refractivity contribution in [3.63, 3.8) is 0 Å². The highest BCUT2D eigenvalue weighted by Crippen LogP contribution is 2.30. The Morgan fingerprint density at radius 3 is 2.05 bits per heavy atom. The Labute approximate surface area is 118 Å². The molecule has 1 aromatic heterocycles. The standard InChI is InChI=1S/C14H10N2O3S/c17-10-3-1-9(2-4-10)13-15-16-14(19-13)20-12-7-5-11(18)6-8-12/h1-8,17-18H. The van der Waals surface area contributed by atoms with Gasteiger partial charge in [0, 0.05) is 10.5 Å². The molecule has 5 nitrogen and oxygen atoms in total. The number of aromatic hydroxyl groups is 2. The molecule has 0 aliphatic carbocycles. The van der Waals surface area contributed by atoms with Crippen molar-refractivity contribution in [1.82, 2.24) is 10.2 Å². The van der Waals surface area contributed by atoms with Gasteiger partial charge in [-0.3, -0.25) is 0 Å². The smallest absolute Gasteiger partial charge is 0.281 e. The van der Waals surface area contributed by atoms with Crippen LogP contribution in [0.2, 0.25) is 0 Å². The van der Waals surface area contributed by atoms with Gasteiger partial charge in [0.25, 0.3) is 5.22 Å². The number of phenolic OH excluding ortho intramolecular Hbond substituents is 2. The molecule has 2 N–H and O–H groups in total. The molecular formula is C14H10N2O3S. The molecule has 0 aliphatic heterocycles. The summed E-state index contributed by atoms with van der Waals surface area (Å²) >= 11 is 1.31. The van der Waals surface area contributed by atoms with Crippen molar-refractivity contribution in [3.05, 3.63) is 48.5 Å². The molecule has 3 aromatic rings. The zero-order valence-electron chi connectivity index (χ0n) is 10.2. The van der Waals surface area contributed by atoms with Crippen molar-refractivity contribution in [2.45, 2.75) is 10.1 Å². The Kier molecular flexibility index (Phi) is 3.30. The van der Waals surface area contributed by atoms with Gasteiger partial charge in [0.2, 0.25) is 5.89 Å². The molecule has 3 rings (SSSR count). The Morgan fingerprint density at radius 1 is 0.800 bits per heavy atom. The molecule has 2 aromatic carbocycles. The predicted molar refractivity (Wildman–Crippen MR) is 73.6 cm³/mol. The quantitative estimate of drug-likeness (QED) is 0.769. The summed E-state index contributed by atoms with van der Waals surface area (Å²) in [6.45, 7) is 0. The van der Waals surface area contributed by atoms with E-state index in [2.05, 4.69) is 10.2 Å². The summed E-state index contributed by atoms with van der Waals surface area (Å²) in [6.07, 6.45) is 0. The van der Waals surface area contributed by atoms with Crippen LogP contribution in [0.25, 0.3) is 11.5 Å². The van der Waals surface area contributed by atoms with Crippen LogP contribution in [0.1, 0.15) is 0 Å². The van der Waals surface area contributed by atoms with Gasteiger partial charge in [0.15, 0.2) is 0 Å². The van der Waals surface area contributed by atoms with E-state index in [9.17, 15) is 10.2 Å². The lowest BCUT2D eigenvalue weighted by Gasteiger charge is -1.97. The fourth-order valence-electron chi connectivity index (χ4n) is 1.59. The van der Waals surface area contributed by atoms with Crippen molar-refractivity contribution >= 4 is 11.8 Å². The minimum atomic E-state index is 0.187. The molecule has 0 aliphatic rings. The Hall–Kier alpha value is -2.47. The molecule has 1 heterocycles. The molecule has 0 unspecified atom stereocenters. The van der Waals surface area contributed by atoms with Gasteiger partial charge in [-0.2, -0.15) is 0 Å². The average Bonchev–Trinajstić information content (AvgIpc) is 2.91. The van der Waals surface area contributed by atoms with Gasteiger partial charge in [0.1, 0.15) is 11.5 Å². The van der Waals surface area contributed by atoms with E-state index < -0.39 is 0 Å². The third-order valence-corrected chi connectivity index (χ3v) is 3.41. The number of benzene rings is 2. The van der Waals surface area contributed by atoms with Crippen molar-refractivity contribution in [2.75, 3.05) is 0 Å². The van der Waals surface area contributed by atoms with Crippen LogP contribution < -0.4 is 0 Å². The first-order chi connectivity index (χ1) is 9.70. The fourth-order valence-corrected chi connectivity index (χ4v) is 2.26. The summed E-state index contributed by atoms with van der Waals surface area (Å²) in [5, 5.41) is 26.8. The molecule has 0 spiro atoms. The van der Waals surface area contributed by atoms with Gasteiger partial charge in [-0.25, -0.2) is 0 Å². The summed E-state index contributed by atoms with van der Waals surface area (Å²) in [6, 6.07) is 13.3. The number of nitrogens with zero attached hydrogens (tertiary/aromatic N) is 2. The SMILES string of the molecule is Oc1ccc(Sc2nnc(-c3ccc(O)cc3)o2)cc1. The van der Waals surface area contributed by atoms with Gasteiger partial charge < -0.3 is 14.6 Å². The van der Waals surface area contributed by atoms with E-state index >= 15 is 0 Å². The molecule has 0 radical (unpaired) electrons. The lowest BCUT2D eigenvalue weighted by molar-refractivity contribution is 0.464. The second kappa shape index (κ2) is 5.26. The summed E-state index contributed by atoms with van der Waals surface area (Å²) in [4.78, 5) is 0.892. The van der Waals surface area contributed by atoms with Crippen LogP contribution in [0.5, 0.6) is 11.5 Å². The third-order valence-electron chi connectivity index (χ3n) is 2.56. The minimum absolute atomic E-state index is 0.187. The Morgan fingerprint density at radius 2 is 1.40 bits per heavy atom. The van der Waals surface area contributed by atoms with Crippen LogP contribution in [0, 0.1) is 0 Å². The van der Waals surface area contributed by atoms with Crippen molar-refractivity contribution in [2.24, 2.45) is 0 Å². The number of rotatable bonds is 3. The van der Waals surface area contributed by atoms with Crippen molar-refractivity contribution in [1.29, 1.82) is 0 Å². The highest BCUT2D eigenvalue weighted by atomic mass is 32.2. The summed E-state index contributed by atoms with van der Waals surface area (Å²) in [5.41, 5.74) is 0.743. The number of aromatic nitrogens is 2. The van der Waals surface area contributed by atoms with E-state index in [1.807, 2.05) is 0 Å². The molecule has 0 bridgehead atoms. The first-order valence-electron chi connectivity index (χ1n) is 5.80. The molecule has 0 atom stereocenters. The van der Waals surface area contributed by atoms with Gasteiger partial charge in [0.05, 0.1) is 0 Å². The lowest BCUT2D eigenvalue weighted by atomic mass is 10.2.